The smallest absolute Gasteiger partial charge is 0.261 e. The molecule has 6 heteroatoms. The van der Waals surface area contributed by atoms with Gasteiger partial charge in [0.25, 0.3) is 11.5 Å². The average molecular weight is 316 g/mol. The van der Waals surface area contributed by atoms with Gasteiger partial charge < -0.3 is 14.9 Å². The average Bonchev–Trinajstić information content (AvgIpc) is 2.94. The molecule has 0 bridgehead atoms. The molecule has 1 atom stereocenters. The molecule has 0 aromatic carbocycles. The number of carbonyl (C=O) groups is 1. The molecule has 0 spiro atoms. The highest BCUT2D eigenvalue weighted by molar-refractivity contribution is 5.94. The molecule has 2 aromatic heterocycles. The zero-order valence-corrected chi connectivity index (χ0v) is 14.3. The number of nitrogens with zero attached hydrogens (tertiary/aromatic N) is 2. The summed E-state index contributed by atoms with van der Waals surface area (Å²) in [4.78, 5) is 31.3. The minimum Gasteiger partial charge on any atom is -0.347 e. The minimum atomic E-state index is -0.360. The number of H-pyrrole nitrogens is 1. The predicted octanol–water partition coefficient (Wildman–Crippen LogP) is 2.03. The van der Waals surface area contributed by atoms with Gasteiger partial charge in [0.2, 0.25) is 0 Å². The van der Waals surface area contributed by atoms with Crippen LogP contribution in [0.1, 0.15) is 42.4 Å². The number of aryl methyl sites for hydroxylation is 2. The maximum atomic E-state index is 12.6. The van der Waals surface area contributed by atoms with E-state index in [1.807, 2.05) is 24.6 Å². The zero-order chi connectivity index (χ0) is 17.2. The van der Waals surface area contributed by atoms with E-state index in [1.54, 1.807) is 18.6 Å². The summed E-state index contributed by atoms with van der Waals surface area (Å²) in [6, 6.07) is 1.51. The summed E-state index contributed by atoms with van der Waals surface area (Å²) in [5.74, 6) is -0.352. The van der Waals surface area contributed by atoms with Crippen molar-refractivity contribution in [3.63, 3.8) is 0 Å². The van der Waals surface area contributed by atoms with Gasteiger partial charge in [0.05, 0.1) is 12.4 Å². The second-order valence-electron chi connectivity index (χ2n) is 6.97. The number of hydrogen-bond acceptors (Lipinski definition) is 3. The van der Waals surface area contributed by atoms with E-state index in [0.29, 0.717) is 6.54 Å². The summed E-state index contributed by atoms with van der Waals surface area (Å²) in [5, 5.41) is 2.99. The van der Waals surface area contributed by atoms with Crippen LogP contribution in [-0.2, 0) is 6.54 Å². The minimum absolute atomic E-state index is 0.134. The Bertz CT molecular complexity index is 739. The Morgan fingerprint density at radius 3 is 2.65 bits per heavy atom. The third-order valence-corrected chi connectivity index (χ3v) is 4.05. The lowest BCUT2D eigenvalue weighted by atomic mass is 9.86. The summed E-state index contributed by atoms with van der Waals surface area (Å²) in [7, 11) is 0. The Morgan fingerprint density at radius 1 is 1.39 bits per heavy atom. The van der Waals surface area contributed by atoms with Crippen LogP contribution >= 0.6 is 0 Å². The number of amides is 1. The number of hydrogen-bond donors (Lipinski definition) is 2. The first-order chi connectivity index (χ1) is 10.7. The van der Waals surface area contributed by atoms with E-state index in [9.17, 15) is 9.59 Å². The highest BCUT2D eigenvalue weighted by Crippen LogP contribution is 2.21. The Labute approximate surface area is 136 Å². The Kier molecular flexibility index (Phi) is 4.73. The van der Waals surface area contributed by atoms with Gasteiger partial charge in [-0.1, -0.05) is 20.8 Å². The second-order valence-corrected chi connectivity index (χ2v) is 6.97. The number of aromatic nitrogens is 3. The normalized spacial score (nSPS) is 12.9. The number of aromatic amines is 1. The molecule has 1 unspecified atom stereocenters. The van der Waals surface area contributed by atoms with Gasteiger partial charge in [-0.05, 0) is 30.9 Å². The van der Waals surface area contributed by atoms with Gasteiger partial charge in [-0.25, -0.2) is 4.98 Å². The fourth-order valence-electron chi connectivity index (χ4n) is 2.27. The quantitative estimate of drug-likeness (QED) is 0.906. The number of pyridine rings is 1. The van der Waals surface area contributed by atoms with Gasteiger partial charge >= 0.3 is 0 Å². The fourth-order valence-corrected chi connectivity index (χ4v) is 2.27. The van der Waals surface area contributed by atoms with Gasteiger partial charge in [-0.15, -0.1) is 0 Å². The van der Waals surface area contributed by atoms with Gasteiger partial charge in [0, 0.05) is 24.6 Å². The van der Waals surface area contributed by atoms with Crippen LogP contribution in [0, 0.1) is 19.3 Å². The molecule has 0 saturated heterocycles. The van der Waals surface area contributed by atoms with Crippen LogP contribution in [0.4, 0.5) is 0 Å². The molecule has 0 radical (unpaired) electrons. The lowest BCUT2D eigenvalue weighted by Gasteiger charge is -2.31. The second kappa shape index (κ2) is 6.40. The van der Waals surface area contributed by atoms with Gasteiger partial charge in [0.15, 0.2) is 0 Å². The van der Waals surface area contributed by atoms with E-state index < -0.39 is 0 Å². The molecule has 124 valence electrons. The molecule has 0 aliphatic heterocycles. The van der Waals surface area contributed by atoms with Crippen molar-refractivity contribution in [3.8, 4) is 0 Å². The predicted molar refractivity (Wildman–Crippen MR) is 89.5 cm³/mol. The lowest BCUT2D eigenvalue weighted by molar-refractivity contribution is 0.0891. The molecule has 0 aliphatic carbocycles. The topological polar surface area (TPSA) is 79.8 Å². The molecular formula is C17H24N4O2. The molecule has 1 amide bonds. The molecule has 6 nitrogen and oxygen atoms in total. The molecule has 23 heavy (non-hydrogen) atoms. The molecule has 2 N–H and O–H groups in total. The SMILES string of the molecule is Cc1cc(C(=O)NC(Cn2ccnc2)C(C)(C)C)c(=O)[nH]c1C. The van der Waals surface area contributed by atoms with E-state index >= 15 is 0 Å². The molecule has 2 heterocycles. The van der Waals surface area contributed by atoms with Crippen molar-refractivity contribution in [3.05, 3.63) is 52.0 Å². The molecule has 0 saturated carbocycles. The molecular weight excluding hydrogens is 292 g/mol. The number of imidazole rings is 1. The Morgan fingerprint density at radius 2 is 2.09 bits per heavy atom. The molecule has 0 fully saturated rings. The van der Waals surface area contributed by atoms with Crippen LogP contribution in [0.25, 0.3) is 0 Å². The van der Waals surface area contributed by atoms with Crippen molar-refractivity contribution in [2.24, 2.45) is 5.41 Å². The summed E-state index contributed by atoms with van der Waals surface area (Å²) >= 11 is 0. The maximum absolute atomic E-state index is 12.6. The number of nitrogens with one attached hydrogen (secondary N) is 2. The van der Waals surface area contributed by atoms with Crippen molar-refractivity contribution in [2.75, 3.05) is 0 Å². The van der Waals surface area contributed by atoms with E-state index in [2.05, 4.69) is 36.1 Å². The lowest BCUT2D eigenvalue weighted by Crippen LogP contribution is -2.47. The van der Waals surface area contributed by atoms with E-state index in [1.165, 1.54) is 0 Å². The largest absolute Gasteiger partial charge is 0.347 e. The maximum Gasteiger partial charge on any atom is 0.261 e. The highest BCUT2D eigenvalue weighted by Gasteiger charge is 2.27. The standard InChI is InChI=1S/C17H24N4O2/c1-11-8-13(15(22)19-12(11)2)16(23)20-14(17(3,4)5)9-21-7-6-18-10-21/h6-8,10,14H,9H2,1-5H3,(H,19,22)(H,20,23). The van der Waals surface area contributed by atoms with Crippen molar-refractivity contribution in [2.45, 2.75) is 47.2 Å². The van der Waals surface area contributed by atoms with E-state index in [4.69, 9.17) is 0 Å². The highest BCUT2D eigenvalue weighted by atomic mass is 16.2. The van der Waals surface area contributed by atoms with Crippen LogP contribution < -0.4 is 10.9 Å². The Hall–Kier alpha value is -2.37. The van der Waals surface area contributed by atoms with Crippen molar-refractivity contribution in [1.29, 1.82) is 0 Å². The van der Waals surface area contributed by atoms with Crippen molar-refractivity contribution >= 4 is 5.91 Å². The number of rotatable bonds is 4. The van der Waals surface area contributed by atoms with E-state index in [-0.39, 0.29) is 28.5 Å². The van der Waals surface area contributed by atoms with Crippen LogP contribution in [0.15, 0.2) is 29.6 Å². The molecule has 0 aliphatic rings. The first-order valence-electron chi connectivity index (χ1n) is 7.65. The number of carbonyl (C=O) groups excluding carboxylic acids is 1. The van der Waals surface area contributed by atoms with Crippen molar-refractivity contribution < 1.29 is 4.79 Å². The molecule has 2 aromatic rings. The first kappa shape index (κ1) is 17.0. The Balaban J connectivity index is 2.24. The third kappa shape index (κ3) is 4.09. The van der Waals surface area contributed by atoms with Crippen LogP contribution in [0.2, 0.25) is 0 Å². The van der Waals surface area contributed by atoms with E-state index in [0.717, 1.165) is 11.3 Å². The third-order valence-electron chi connectivity index (χ3n) is 4.05. The first-order valence-corrected chi connectivity index (χ1v) is 7.65. The summed E-state index contributed by atoms with van der Waals surface area (Å²) < 4.78 is 1.92. The molecule has 2 rings (SSSR count). The van der Waals surface area contributed by atoms with Gasteiger partial charge in [-0.2, -0.15) is 0 Å². The summed E-state index contributed by atoms with van der Waals surface area (Å²) in [6.45, 7) is 10.4. The van der Waals surface area contributed by atoms with Crippen LogP contribution in [-0.4, -0.2) is 26.5 Å². The monoisotopic (exact) mass is 316 g/mol. The zero-order valence-electron chi connectivity index (χ0n) is 14.3. The van der Waals surface area contributed by atoms with Gasteiger partial charge in [-0.3, -0.25) is 9.59 Å². The van der Waals surface area contributed by atoms with Crippen molar-refractivity contribution in [1.82, 2.24) is 19.9 Å². The summed E-state index contributed by atoms with van der Waals surface area (Å²) in [5.41, 5.74) is 1.29. The van der Waals surface area contributed by atoms with Crippen LogP contribution in [0.3, 0.4) is 0 Å². The van der Waals surface area contributed by atoms with Crippen LogP contribution in [0.5, 0.6) is 0 Å². The fraction of sp³-hybridized carbons (Fsp3) is 0.471. The summed E-state index contributed by atoms with van der Waals surface area (Å²) in [6.07, 6.45) is 5.27. The van der Waals surface area contributed by atoms with Gasteiger partial charge in [0.1, 0.15) is 5.56 Å².